The Morgan fingerprint density at radius 1 is 1.42 bits per heavy atom. The molecule has 0 radical (unpaired) electrons. The maximum atomic E-state index is 11.6. The molecule has 0 saturated heterocycles. The normalized spacial score (nSPS) is 17.7. The Morgan fingerprint density at radius 3 is 2.81 bits per heavy atom. The molecule has 0 aromatic heterocycles. The van der Waals surface area contributed by atoms with Gasteiger partial charge < -0.3 is 10.6 Å². The molecule has 1 aliphatic rings. The third-order valence-electron chi connectivity index (χ3n) is 4.46. The van der Waals surface area contributed by atoms with Crippen LogP contribution in [0.2, 0.25) is 0 Å². The van der Waals surface area contributed by atoms with E-state index in [0.29, 0.717) is 25.5 Å². The summed E-state index contributed by atoms with van der Waals surface area (Å²) in [5, 5.41) is 4.29. The van der Waals surface area contributed by atoms with E-state index in [9.17, 15) is 4.79 Å². The van der Waals surface area contributed by atoms with Gasteiger partial charge in [-0.2, -0.15) is 5.10 Å². The van der Waals surface area contributed by atoms with E-state index in [4.69, 9.17) is 5.73 Å². The number of nitrogens with two attached hydrogens (primary N) is 1. The topological polar surface area (TPSA) is 83.1 Å². The zero-order valence-electron chi connectivity index (χ0n) is 15.8. The van der Waals surface area contributed by atoms with Crippen LogP contribution >= 0.6 is 15.9 Å². The third kappa shape index (κ3) is 5.06. The van der Waals surface area contributed by atoms with Crippen molar-refractivity contribution in [1.29, 1.82) is 0 Å². The van der Waals surface area contributed by atoms with Crippen molar-refractivity contribution in [2.75, 3.05) is 13.1 Å². The van der Waals surface area contributed by atoms with Crippen molar-refractivity contribution in [1.82, 2.24) is 10.3 Å². The highest BCUT2D eigenvalue weighted by Crippen LogP contribution is 2.25. The minimum absolute atomic E-state index is 0.0165. The smallest absolute Gasteiger partial charge is 0.240 e. The van der Waals surface area contributed by atoms with Crippen LogP contribution in [0.25, 0.3) is 0 Å². The standard InChI is InChI=1S/C19H28BrN5O/c1-4-9-25(19(21)22-6-3)12-15-8-7-14(10-16(15)20)18-13(5-2)11-17(26)23-24-18/h7-8,10,13H,4-6,9,11-12H2,1-3H3,(H2,21,22)(H,23,26). The van der Waals surface area contributed by atoms with Gasteiger partial charge in [0.1, 0.15) is 0 Å². The van der Waals surface area contributed by atoms with Crippen molar-refractivity contribution in [2.45, 2.75) is 46.6 Å². The number of nitrogens with zero attached hydrogens (tertiary/aromatic N) is 3. The van der Waals surface area contributed by atoms with Crippen LogP contribution in [0.1, 0.15) is 51.2 Å². The fourth-order valence-corrected chi connectivity index (χ4v) is 3.57. The van der Waals surface area contributed by atoms with Crippen LogP contribution in [0, 0.1) is 5.92 Å². The maximum Gasteiger partial charge on any atom is 0.240 e. The molecule has 1 aliphatic heterocycles. The highest BCUT2D eigenvalue weighted by atomic mass is 79.9. The van der Waals surface area contributed by atoms with Gasteiger partial charge in [0.2, 0.25) is 5.91 Å². The summed E-state index contributed by atoms with van der Waals surface area (Å²) in [6.45, 7) is 8.43. The lowest BCUT2D eigenvalue weighted by Gasteiger charge is -2.25. The molecule has 142 valence electrons. The number of aliphatic imine (C=N–C) groups is 1. The van der Waals surface area contributed by atoms with Gasteiger partial charge in [0.15, 0.2) is 5.96 Å². The molecular formula is C19H28BrN5O. The van der Waals surface area contributed by atoms with E-state index >= 15 is 0 Å². The van der Waals surface area contributed by atoms with Crippen LogP contribution in [-0.4, -0.2) is 35.6 Å². The van der Waals surface area contributed by atoms with E-state index < -0.39 is 0 Å². The first-order valence-corrected chi connectivity index (χ1v) is 9.99. The summed E-state index contributed by atoms with van der Waals surface area (Å²) in [5.74, 6) is 0.721. The Balaban J connectivity index is 2.23. The highest BCUT2D eigenvalue weighted by molar-refractivity contribution is 9.10. The Hall–Kier alpha value is -1.89. The van der Waals surface area contributed by atoms with E-state index in [1.165, 1.54) is 0 Å². The zero-order valence-corrected chi connectivity index (χ0v) is 17.3. The third-order valence-corrected chi connectivity index (χ3v) is 5.20. The van der Waals surface area contributed by atoms with Crippen molar-refractivity contribution in [3.63, 3.8) is 0 Å². The van der Waals surface area contributed by atoms with Gasteiger partial charge in [-0.3, -0.25) is 9.79 Å². The molecule has 1 aromatic rings. The van der Waals surface area contributed by atoms with Gasteiger partial charge in [0, 0.05) is 36.4 Å². The molecule has 2 rings (SSSR count). The van der Waals surface area contributed by atoms with Crippen molar-refractivity contribution < 1.29 is 4.79 Å². The number of rotatable bonds is 7. The SMILES string of the molecule is CCCN(Cc1ccc(C2=NNC(=O)CC2CC)cc1Br)C(N)=NCC. The molecule has 1 unspecified atom stereocenters. The number of guanidine groups is 1. The van der Waals surface area contributed by atoms with Gasteiger partial charge >= 0.3 is 0 Å². The lowest BCUT2D eigenvalue weighted by molar-refractivity contribution is -0.122. The second-order valence-electron chi connectivity index (χ2n) is 6.40. The van der Waals surface area contributed by atoms with Gasteiger partial charge in [-0.25, -0.2) is 5.43 Å². The summed E-state index contributed by atoms with van der Waals surface area (Å²) in [7, 11) is 0. The second-order valence-corrected chi connectivity index (χ2v) is 7.26. The molecule has 1 heterocycles. The van der Waals surface area contributed by atoms with Crippen LogP contribution < -0.4 is 11.2 Å². The first-order chi connectivity index (χ1) is 12.5. The second kappa shape index (κ2) is 9.71. The van der Waals surface area contributed by atoms with Gasteiger partial charge in [-0.15, -0.1) is 0 Å². The number of halogens is 1. The summed E-state index contributed by atoms with van der Waals surface area (Å²) in [6, 6.07) is 6.23. The van der Waals surface area contributed by atoms with Crippen molar-refractivity contribution >= 4 is 33.5 Å². The van der Waals surface area contributed by atoms with Crippen molar-refractivity contribution in [2.24, 2.45) is 21.7 Å². The average molecular weight is 422 g/mol. The molecule has 0 bridgehead atoms. The Bertz CT molecular complexity index is 701. The lowest BCUT2D eigenvalue weighted by Crippen LogP contribution is -2.37. The molecule has 0 saturated carbocycles. The molecule has 0 spiro atoms. The first kappa shape index (κ1) is 20.4. The minimum atomic E-state index is -0.0165. The predicted octanol–water partition coefficient (Wildman–Crippen LogP) is 3.25. The van der Waals surface area contributed by atoms with Gasteiger partial charge in [-0.1, -0.05) is 41.9 Å². The van der Waals surface area contributed by atoms with Crippen LogP contribution in [0.3, 0.4) is 0 Å². The van der Waals surface area contributed by atoms with Gasteiger partial charge in [0.05, 0.1) is 5.71 Å². The maximum absolute atomic E-state index is 11.6. The molecule has 1 amide bonds. The van der Waals surface area contributed by atoms with Crippen LogP contribution in [0.4, 0.5) is 0 Å². The summed E-state index contributed by atoms with van der Waals surface area (Å²) in [6.07, 6.45) is 2.38. The number of amides is 1. The molecule has 1 atom stereocenters. The summed E-state index contributed by atoms with van der Waals surface area (Å²) < 4.78 is 1.01. The summed E-state index contributed by atoms with van der Waals surface area (Å²) in [5.41, 5.74) is 11.8. The van der Waals surface area contributed by atoms with Crippen LogP contribution in [0.5, 0.6) is 0 Å². The van der Waals surface area contributed by atoms with Crippen molar-refractivity contribution in [3.05, 3.63) is 33.8 Å². The number of hydrogen-bond acceptors (Lipinski definition) is 3. The molecular weight excluding hydrogens is 394 g/mol. The molecule has 0 aliphatic carbocycles. The predicted molar refractivity (Wildman–Crippen MR) is 110 cm³/mol. The van der Waals surface area contributed by atoms with E-state index in [1.54, 1.807) is 0 Å². The fourth-order valence-electron chi connectivity index (χ4n) is 3.06. The molecule has 26 heavy (non-hydrogen) atoms. The minimum Gasteiger partial charge on any atom is -0.370 e. The number of hydrazone groups is 1. The van der Waals surface area contributed by atoms with E-state index in [2.05, 4.69) is 68.4 Å². The molecule has 1 aromatic carbocycles. The van der Waals surface area contributed by atoms with Crippen LogP contribution in [-0.2, 0) is 11.3 Å². The quantitative estimate of drug-likeness (QED) is 0.523. The van der Waals surface area contributed by atoms with Crippen LogP contribution in [0.15, 0.2) is 32.8 Å². The molecule has 6 nitrogen and oxygen atoms in total. The molecule has 7 heteroatoms. The summed E-state index contributed by atoms with van der Waals surface area (Å²) >= 11 is 3.69. The zero-order chi connectivity index (χ0) is 19.1. The summed E-state index contributed by atoms with van der Waals surface area (Å²) in [4.78, 5) is 18.0. The number of carbonyl (C=O) groups is 1. The number of hydrogen-bond donors (Lipinski definition) is 2. The Labute approximate surface area is 164 Å². The largest absolute Gasteiger partial charge is 0.370 e. The van der Waals surface area contributed by atoms with Crippen molar-refractivity contribution in [3.8, 4) is 0 Å². The monoisotopic (exact) mass is 421 g/mol. The van der Waals surface area contributed by atoms with Gasteiger partial charge in [-0.05, 0) is 37.0 Å². The average Bonchev–Trinajstić information content (AvgIpc) is 2.62. The fraction of sp³-hybridized carbons (Fsp3) is 0.526. The highest BCUT2D eigenvalue weighted by Gasteiger charge is 2.24. The Kier molecular flexibility index (Phi) is 7.63. The number of carbonyl (C=O) groups excluding carboxylic acids is 1. The van der Waals surface area contributed by atoms with Gasteiger partial charge in [0.25, 0.3) is 0 Å². The lowest BCUT2D eigenvalue weighted by atomic mass is 9.90. The Morgan fingerprint density at radius 2 is 2.19 bits per heavy atom. The van der Waals surface area contributed by atoms with E-state index in [1.807, 2.05) is 6.92 Å². The molecule has 0 fully saturated rings. The number of nitrogens with one attached hydrogen (secondary N) is 1. The van der Waals surface area contributed by atoms with E-state index in [-0.39, 0.29) is 11.8 Å². The number of benzene rings is 1. The first-order valence-electron chi connectivity index (χ1n) is 9.20. The molecule has 3 N–H and O–H groups in total. The van der Waals surface area contributed by atoms with E-state index in [0.717, 1.165) is 40.7 Å².